The zero-order valence-electron chi connectivity index (χ0n) is 37.6. The van der Waals surface area contributed by atoms with Crippen molar-refractivity contribution < 1.29 is 31.4 Å². The molecule has 0 aliphatic carbocycles. The minimum absolute atomic E-state index is 0.0352. The van der Waals surface area contributed by atoms with Crippen molar-refractivity contribution in [2.24, 2.45) is 0 Å². The molecule has 39 heavy (non-hydrogen) atoms. The van der Waals surface area contributed by atoms with Crippen molar-refractivity contribution in [2.75, 3.05) is 6.54 Å². The van der Waals surface area contributed by atoms with Crippen LogP contribution in [0.25, 0.3) is 0 Å². The van der Waals surface area contributed by atoms with E-state index in [2.05, 4.69) is 0 Å². The molecule has 0 heterocycles. The summed E-state index contributed by atoms with van der Waals surface area (Å²) in [6.07, 6.45) is -0.442. The molecule has 0 radical (unpaired) electrons. The van der Waals surface area contributed by atoms with Gasteiger partial charge in [-0.3, -0.25) is 4.90 Å². The van der Waals surface area contributed by atoms with Crippen LogP contribution in [0.15, 0.2) is 109 Å². The van der Waals surface area contributed by atoms with Gasteiger partial charge < -0.3 is 9.47 Å². The Morgan fingerprint density at radius 1 is 0.718 bits per heavy atom. The number of rotatable bonds is 14. The lowest BCUT2D eigenvalue weighted by Crippen LogP contribution is -2.38. The van der Waals surface area contributed by atoms with Crippen molar-refractivity contribution in [3.05, 3.63) is 137 Å². The second kappa shape index (κ2) is 14.7. The molecular weight excluding hydrogens is 478 g/mol. The van der Waals surface area contributed by atoms with Crippen molar-refractivity contribution in [2.45, 2.75) is 71.6 Å². The summed E-state index contributed by atoms with van der Waals surface area (Å²) in [4.78, 5) is -0.0352. The zero-order chi connectivity index (χ0) is 41.1. The maximum absolute atomic E-state index is 8.98. The van der Waals surface area contributed by atoms with Gasteiger partial charge in [0.1, 0.15) is 12.4 Å². The van der Waals surface area contributed by atoms with E-state index in [1.165, 1.54) is 18.2 Å². The molecule has 1 atom stereocenters. The molecule has 0 aromatic heterocycles. The molecular formula is C36H43NO2. The Kier molecular flexibility index (Phi) is 5.38. The quantitative estimate of drug-likeness (QED) is 0.161. The molecule has 4 aromatic rings. The lowest BCUT2D eigenvalue weighted by atomic mass is 9.86. The molecule has 0 fully saturated rings. The van der Waals surface area contributed by atoms with Gasteiger partial charge in [-0.25, -0.2) is 0 Å². The molecule has 204 valence electrons. The Hall–Kier alpha value is -3.40. The number of hydrogen-bond acceptors (Lipinski definition) is 3. The van der Waals surface area contributed by atoms with Crippen LogP contribution in [-0.4, -0.2) is 23.5 Å². The molecule has 4 aromatic carbocycles. The van der Waals surface area contributed by atoms with E-state index in [1.807, 2.05) is 36.4 Å². The predicted octanol–water partition coefficient (Wildman–Crippen LogP) is 8.62. The fraction of sp³-hybridized carbons (Fsp3) is 0.333. The normalized spacial score (nSPS) is 20.5. The summed E-state index contributed by atoms with van der Waals surface area (Å²) in [6.45, 7) is -18.7. The molecule has 0 bridgehead atoms. The van der Waals surface area contributed by atoms with Crippen LogP contribution in [0.4, 0.5) is 0 Å². The van der Waals surface area contributed by atoms with E-state index in [1.54, 1.807) is 54.6 Å². The van der Waals surface area contributed by atoms with Crippen LogP contribution in [0.1, 0.15) is 89.5 Å². The molecule has 0 saturated heterocycles. The molecule has 0 aliphatic heterocycles. The Balaban J connectivity index is 1.93. The average molecular weight is 538 g/mol. The summed E-state index contributed by atoms with van der Waals surface area (Å²) in [5.74, 6) is -0.770. The summed E-state index contributed by atoms with van der Waals surface area (Å²) >= 11 is 0. The second-order valence-electron chi connectivity index (χ2n) is 9.00. The SMILES string of the molecule is [2H]C([2H])(OCc1ccccc1)c1ccc(OCc2ccccc2)c([C@H](CCN(C([2H])(C([2H])([2H])[2H])C([2H])([2H])[2H])C([2H])(C([2H])([2H])[2H])C([2H])([2H])[2H])c2ccccc2)c1. The van der Waals surface area contributed by atoms with Gasteiger partial charge in [0.05, 0.1) is 15.9 Å². The van der Waals surface area contributed by atoms with Crippen molar-refractivity contribution in [3.63, 3.8) is 0 Å². The van der Waals surface area contributed by atoms with E-state index in [9.17, 15) is 0 Å². The summed E-state index contributed by atoms with van der Waals surface area (Å²) in [5.41, 5.74) is 2.31. The van der Waals surface area contributed by atoms with Gasteiger partial charge in [0.2, 0.25) is 0 Å². The van der Waals surface area contributed by atoms with Crippen molar-refractivity contribution >= 4 is 0 Å². The topological polar surface area (TPSA) is 21.7 Å². The highest BCUT2D eigenvalue weighted by molar-refractivity contribution is 5.44. The first kappa shape index (κ1) is 14.3. The third-order valence-electron chi connectivity index (χ3n) is 6.28. The first-order chi connectivity index (χ1) is 25.3. The van der Waals surface area contributed by atoms with E-state index in [4.69, 9.17) is 31.4 Å². The minimum Gasteiger partial charge on any atom is -0.489 e. The van der Waals surface area contributed by atoms with Gasteiger partial charge in [0.15, 0.2) is 0 Å². The zero-order valence-corrected chi connectivity index (χ0v) is 21.6. The highest BCUT2D eigenvalue weighted by Gasteiger charge is 2.22. The van der Waals surface area contributed by atoms with Crippen molar-refractivity contribution in [1.29, 1.82) is 0 Å². The smallest absolute Gasteiger partial charge is 0.123 e. The van der Waals surface area contributed by atoms with Gasteiger partial charge in [-0.05, 0) is 74.8 Å². The van der Waals surface area contributed by atoms with Gasteiger partial charge in [-0.1, -0.05) is 97.1 Å². The molecule has 3 heteroatoms. The number of benzene rings is 4. The van der Waals surface area contributed by atoms with Crippen molar-refractivity contribution in [3.8, 4) is 5.75 Å². The van der Waals surface area contributed by atoms with Gasteiger partial charge in [0.25, 0.3) is 0 Å². The Bertz CT molecular complexity index is 1760. The largest absolute Gasteiger partial charge is 0.489 e. The van der Waals surface area contributed by atoms with Crippen LogP contribution < -0.4 is 4.74 Å². The third-order valence-corrected chi connectivity index (χ3v) is 6.28. The molecule has 0 aliphatic rings. The van der Waals surface area contributed by atoms with Gasteiger partial charge >= 0.3 is 0 Å². The third kappa shape index (κ3) is 8.54. The van der Waals surface area contributed by atoms with E-state index < -0.39 is 64.9 Å². The standard InChI is InChI=1S/C36H43NO2/c1-28(2)37(29(3)4)23-22-34(33-18-12-7-13-19-33)35-24-32(26-38-25-30-14-8-5-9-15-30)20-21-36(35)39-27-31-16-10-6-11-17-31/h5-21,24,28-29,34H,22-23,25-27H2,1-4H3/t34-/m1/s1/i1D3,2D3,3D3,4D3,26D2,28D,29D. The van der Waals surface area contributed by atoms with E-state index in [0.717, 1.165) is 5.56 Å². The first-order valence-electron chi connectivity index (χ1n) is 20.7. The van der Waals surface area contributed by atoms with E-state index in [-0.39, 0.29) is 35.0 Å². The maximum Gasteiger partial charge on any atom is 0.123 e. The Morgan fingerprint density at radius 3 is 1.92 bits per heavy atom. The van der Waals surface area contributed by atoms with Crippen LogP contribution in [-0.2, 0) is 24.5 Å². The summed E-state index contributed by atoms with van der Waals surface area (Å²) < 4.78 is 146. The number of hydrogen-bond donors (Lipinski definition) is 0. The molecule has 0 amide bonds. The molecule has 0 saturated carbocycles. The highest BCUT2D eigenvalue weighted by Crippen LogP contribution is 2.36. The van der Waals surface area contributed by atoms with E-state index >= 15 is 0 Å². The van der Waals surface area contributed by atoms with Crippen LogP contribution in [0.2, 0.25) is 0 Å². The maximum atomic E-state index is 8.98. The van der Waals surface area contributed by atoms with Crippen LogP contribution >= 0.6 is 0 Å². The first-order valence-corrected chi connectivity index (χ1v) is 12.7. The molecule has 0 N–H and O–H groups in total. The minimum atomic E-state index is -3.89. The lowest BCUT2D eigenvalue weighted by Gasteiger charge is -2.32. The lowest BCUT2D eigenvalue weighted by molar-refractivity contribution is 0.107. The van der Waals surface area contributed by atoms with Gasteiger partial charge in [-0.15, -0.1) is 0 Å². The highest BCUT2D eigenvalue weighted by atomic mass is 16.5. The number of nitrogens with zero attached hydrogens (tertiary/aromatic N) is 1. The van der Waals surface area contributed by atoms with Crippen LogP contribution in [0.3, 0.4) is 0 Å². The second-order valence-corrected chi connectivity index (χ2v) is 9.00. The van der Waals surface area contributed by atoms with Gasteiger partial charge in [-0.2, -0.15) is 0 Å². The molecule has 0 spiro atoms. The molecule has 0 unspecified atom stereocenters. The van der Waals surface area contributed by atoms with Crippen LogP contribution in [0, 0.1) is 0 Å². The number of ether oxygens (including phenoxy) is 2. The average Bonchev–Trinajstić information content (AvgIpc) is 3.10. The van der Waals surface area contributed by atoms with Gasteiger partial charge in [0, 0.05) is 42.7 Å². The predicted molar refractivity (Wildman–Crippen MR) is 162 cm³/mol. The summed E-state index contributed by atoms with van der Waals surface area (Å²) in [5, 5.41) is 0. The fourth-order valence-electron chi connectivity index (χ4n) is 4.31. The molecule has 4 rings (SSSR count). The Labute approximate surface area is 257 Å². The van der Waals surface area contributed by atoms with Crippen molar-refractivity contribution in [1.82, 2.24) is 4.90 Å². The summed E-state index contributed by atoms with van der Waals surface area (Å²) in [7, 11) is 0. The fourth-order valence-corrected chi connectivity index (χ4v) is 4.31. The summed E-state index contributed by atoms with van der Waals surface area (Å²) in [6, 6.07) is 23.1. The molecule has 3 nitrogen and oxygen atoms in total. The van der Waals surface area contributed by atoms with E-state index in [0.29, 0.717) is 11.1 Å². The monoisotopic (exact) mass is 537 g/mol. The van der Waals surface area contributed by atoms with Crippen LogP contribution in [0.5, 0.6) is 5.75 Å². The Morgan fingerprint density at radius 2 is 1.31 bits per heavy atom.